The van der Waals surface area contributed by atoms with Crippen LogP contribution in [0, 0.1) is 0 Å². The van der Waals surface area contributed by atoms with Gasteiger partial charge in [-0.2, -0.15) is 0 Å². The smallest absolute Gasteiger partial charge is 0.244 e. The van der Waals surface area contributed by atoms with Crippen molar-refractivity contribution in [1.82, 2.24) is 15.2 Å². The van der Waals surface area contributed by atoms with E-state index in [9.17, 15) is 4.79 Å². The molecule has 1 aliphatic rings. The fraction of sp³-hybridized carbons (Fsp3) is 0.579. The van der Waals surface area contributed by atoms with Gasteiger partial charge in [0.1, 0.15) is 0 Å². The van der Waals surface area contributed by atoms with Gasteiger partial charge in [0.05, 0.1) is 19.8 Å². The number of rotatable bonds is 9. The summed E-state index contributed by atoms with van der Waals surface area (Å²) < 4.78 is 11.0. The van der Waals surface area contributed by atoms with E-state index in [4.69, 9.17) is 9.47 Å². The molecule has 0 unspecified atom stereocenters. The molecule has 0 atom stereocenters. The van der Waals surface area contributed by atoms with Crippen LogP contribution in [0.25, 0.3) is 0 Å². The quantitative estimate of drug-likeness (QED) is 0.548. The number of hydrogen-bond donors (Lipinski definition) is 1. The van der Waals surface area contributed by atoms with Gasteiger partial charge >= 0.3 is 0 Å². The molecule has 1 fully saturated rings. The minimum Gasteiger partial charge on any atom is -0.477 e. The molecule has 6 heteroatoms. The van der Waals surface area contributed by atoms with Gasteiger partial charge in [-0.05, 0) is 19.4 Å². The van der Waals surface area contributed by atoms with Crippen LogP contribution in [0.2, 0.25) is 0 Å². The largest absolute Gasteiger partial charge is 0.477 e. The van der Waals surface area contributed by atoms with Crippen LogP contribution in [-0.4, -0.2) is 55.2 Å². The van der Waals surface area contributed by atoms with Crippen molar-refractivity contribution in [1.29, 1.82) is 0 Å². The number of morpholine rings is 1. The van der Waals surface area contributed by atoms with Crippen LogP contribution in [0.1, 0.15) is 32.3 Å². The number of carbonyl (C=O) groups excluding carboxylic acids is 1. The normalized spacial score (nSPS) is 15.8. The molecule has 2 heterocycles. The number of nitrogens with one attached hydrogen (secondary N) is 1. The van der Waals surface area contributed by atoms with E-state index >= 15 is 0 Å². The lowest BCUT2D eigenvalue weighted by Crippen LogP contribution is -2.37. The first kappa shape index (κ1) is 19.4. The van der Waals surface area contributed by atoms with E-state index in [0.29, 0.717) is 19.0 Å². The monoisotopic (exact) mass is 347 g/mol. The van der Waals surface area contributed by atoms with Gasteiger partial charge in [0.25, 0.3) is 0 Å². The zero-order chi connectivity index (χ0) is 17.9. The first-order valence-electron chi connectivity index (χ1n) is 9.01. The molecule has 1 saturated heterocycles. The van der Waals surface area contributed by atoms with Crippen LogP contribution < -0.4 is 10.1 Å². The Balaban J connectivity index is 1.81. The Morgan fingerprint density at radius 3 is 3.00 bits per heavy atom. The number of carbonyl (C=O) groups is 1. The fourth-order valence-corrected chi connectivity index (χ4v) is 2.62. The van der Waals surface area contributed by atoms with Gasteiger partial charge in [0.2, 0.25) is 11.8 Å². The third kappa shape index (κ3) is 7.23. The number of amides is 1. The predicted octanol–water partition coefficient (Wildman–Crippen LogP) is 2.16. The second-order valence-electron chi connectivity index (χ2n) is 6.27. The zero-order valence-electron chi connectivity index (χ0n) is 15.3. The predicted molar refractivity (Wildman–Crippen MR) is 97.5 cm³/mol. The number of pyridine rings is 1. The topological polar surface area (TPSA) is 63.7 Å². The van der Waals surface area contributed by atoms with E-state index in [1.807, 2.05) is 19.1 Å². The number of nitrogens with zero attached hydrogens (tertiary/aromatic N) is 2. The van der Waals surface area contributed by atoms with Gasteiger partial charge in [0.15, 0.2) is 0 Å². The van der Waals surface area contributed by atoms with E-state index in [1.165, 1.54) is 0 Å². The average Bonchev–Trinajstić information content (AvgIpc) is 2.62. The highest BCUT2D eigenvalue weighted by Gasteiger charge is 2.11. The molecule has 25 heavy (non-hydrogen) atoms. The Morgan fingerprint density at radius 1 is 1.44 bits per heavy atom. The third-order valence-electron chi connectivity index (χ3n) is 3.99. The number of hydrogen-bond acceptors (Lipinski definition) is 5. The molecule has 0 bridgehead atoms. The van der Waals surface area contributed by atoms with Crippen molar-refractivity contribution in [3.63, 3.8) is 0 Å². The molecule has 0 aromatic carbocycles. The Morgan fingerprint density at radius 2 is 2.24 bits per heavy atom. The summed E-state index contributed by atoms with van der Waals surface area (Å²) in [5.74, 6) is 0.513. The maximum absolute atomic E-state index is 12.1. The van der Waals surface area contributed by atoms with Crippen LogP contribution in [0.4, 0.5) is 0 Å². The van der Waals surface area contributed by atoms with E-state index in [-0.39, 0.29) is 5.91 Å². The first-order valence-corrected chi connectivity index (χ1v) is 9.01. The molecule has 1 N–H and O–H groups in total. The summed E-state index contributed by atoms with van der Waals surface area (Å²) in [4.78, 5) is 18.7. The minimum atomic E-state index is -0.0888. The molecule has 0 radical (unpaired) electrons. The first-order chi connectivity index (χ1) is 12.2. The lowest BCUT2D eigenvalue weighted by molar-refractivity contribution is -0.116. The molecule has 1 amide bonds. The van der Waals surface area contributed by atoms with Crippen molar-refractivity contribution in [2.24, 2.45) is 0 Å². The van der Waals surface area contributed by atoms with Crippen LogP contribution in [0.15, 0.2) is 30.0 Å². The molecule has 0 aliphatic carbocycles. The Bertz CT molecular complexity index is 569. The van der Waals surface area contributed by atoms with Crippen LogP contribution >= 0.6 is 0 Å². The Labute approximate surface area is 150 Å². The summed E-state index contributed by atoms with van der Waals surface area (Å²) in [6.45, 7) is 9.33. The Hall–Kier alpha value is -1.92. The number of aromatic nitrogens is 1. The molecule has 138 valence electrons. The molecular formula is C19H29N3O3. The lowest BCUT2D eigenvalue weighted by Gasteiger charge is -2.26. The van der Waals surface area contributed by atoms with Crippen molar-refractivity contribution >= 4 is 5.91 Å². The molecular weight excluding hydrogens is 318 g/mol. The van der Waals surface area contributed by atoms with Crippen molar-refractivity contribution in [3.05, 3.63) is 35.5 Å². The molecule has 1 aromatic heterocycles. The summed E-state index contributed by atoms with van der Waals surface area (Å²) in [6, 6.07) is 3.78. The molecule has 1 aliphatic heterocycles. The van der Waals surface area contributed by atoms with Gasteiger partial charge in [-0.15, -0.1) is 0 Å². The molecule has 0 saturated carbocycles. The van der Waals surface area contributed by atoms with Crippen molar-refractivity contribution < 1.29 is 14.3 Å². The van der Waals surface area contributed by atoms with Gasteiger partial charge in [-0.1, -0.05) is 25.0 Å². The van der Waals surface area contributed by atoms with Crippen molar-refractivity contribution in [2.75, 3.05) is 39.5 Å². The van der Waals surface area contributed by atoms with E-state index in [0.717, 1.165) is 56.8 Å². The molecule has 1 aromatic rings. The second-order valence-corrected chi connectivity index (χ2v) is 6.27. The molecule has 2 rings (SSSR count). The SMILES string of the molecule is CCCCOc1ncccc1CNC(=O)C=C(C)CN1CCOCC1. The summed E-state index contributed by atoms with van der Waals surface area (Å²) >= 11 is 0. The van der Waals surface area contributed by atoms with Crippen molar-refractivity contribution in [3.8, 4) is 5.88 Å². The van der Waals surface area contributed by atoms with Gasteiger partial charge in [-0.3, -0.25) is 9.69 Å². The van der Waals surface area contributed by atoms with E-state index in [1.54, 1.807) is 12.3 Å². The van der Waals surface area contributed by atoms with Gasteiger partial charge < -0.3 is 14.8 Å². The minimum absolute atomic E-state index is 0.0888. The zero-order valence-corrected chi connectivity index (χ0v) is 15.3. The second kappa shape index (κ2) is 10.8. The number of ether oxygens (including phenoxy) is 2. The summed E-state index contributed by atoms with van der Waals surface area (Å²) in [5.41, 5.74) is 1.94. The highest BCUT2D eigenvalue weighted by atomic mass is 16.5. The summed E-state index contributed by atoms with van der Waals surface area (Å²) in [6.07, 6.45) is 5.44. The number of unbranched alkanes of at least 4 members (excludes halogenated alkanes) is 1. The van der Waals surface area contributed by atoms with Crippen LogP contribution in [0.3, 0.4) is 0 Å². The molecule has 6 nitrogen and oxygen atoms in total. The third-order valence-corrected chi connectivity index (χ3v) is 3.99. The van der Waals surface area contributed by atoms with Gasteiger partial charge in [0, 0.05) is 44.0 Å². The van der Waals surface area contributed by atoms with Gasteiger partial charge in [-0.25, -0.2) is 4.98 Å². The van der Waals surface area contributed by atoms with E-state index in [2.05, 4.69) is 22.1 Å². The van der Waals surface area contributed by atoms with Crippen molar-refractivity contribution in [2.45, 2.75) is 33.2 Å². The lowest BCUT2D eigenvalue weighted by atomic mass is 10.2. The van der Waals surface area contributed by atoms with Crippen LogP contribution in [0.5, 0.6) is 5.88 Å². The van der Waals surface area contributed by atoms with Crippen LogP contribution in [-0.2, 0) is 16.1 Å². The average molecular weight is 347 g/mol. The molecule has 0 spiro atoms. The maximum Gasteiger partial charge on any atom is 0.244 e. The Kier molecular flexibility index (Phi) is 8.42. The van der Waals surface area contributed by atoms with E-state index < -0.39 is 0 Å². The standard InChI is InChI=1S/C19H29N3O3/c1-3-4-10-25-19-17(6-5-7-20-19)14-21-18(23)13-16(2)15-22-8-11-24-12-9-22/h5-7,13H,3-4,8-12,14-15H2,1-2H3,(H,21,23). The maximum atomic E-state index is 12.1. The highest BCUT2D eigenvalue weighted by Crippen LogP contribution is 2.14. The summed E-state index contributed by atoms with van der Waals surface area (Å²) in [5, 5.41) is 2.92. The fourth-order valence-electron chi connectivity index (χ4n) is 2.62. The highest BCUT2D eigenvalue weighted by molar-refractivity contribution is 5.88. The summed E-state index contributed by atoms with van der Waals surface area (Å²) in [7, 11) is 0.